The van der Waals surface area contributed by atoms with Crippen molar-refractivity contribution < 1.29 is 24.2 Å². The summed E-state index contributed by atoms with van der Waals surface area (Å²) >= 11 is 0. The number of hydrogen-bond donors (Lipinski definition) is 3. The van der Waals surface area contributed by atoms with Gasteiger partial charge in [0.25, 0.3) is 0 Å². The number of carbonyl (C=O) groups is 3. The van der Waals surface area contributed by atoms with Crippen LogP contribution < -0.4 is 10.6 Å². The van der Waals surface area contributed by atoms with Gasteiger partial charge in [-0.2, -0.15) is 0 Å². The zero-order valence-electron chi connectivity index (χ0n) is 22.5. The molecule has 8 nitrogen and oxygen atoms in total. The Bertz CT molecular complexity index is 890. The molecule has 0 spiro atoms. The Labute approximate surface area is 209 Å². The number of nitrogens with zero attached hydrogens (tertiary/aromatic N) is 1. The van der Waals surface area contributed by atoms with Gasteiger partial charge in [-0.05, 0) is 77.0 Å². The second kappa shape index (κ2) is 11.9. The quantitative estimate of drug-likeness (QED) is 0.464. The molecule has 5 unspecified atom stereocenters. The van der Waals surface area contributed by atoms with E-state index in [1.807, 2.05) is 45.9 Å². The Kier molecular flexibility index (Phi) is 9.72. The normalized spacial score (nSPS) is 19.8. The zero-order chi connectivity index (χ0) is 26.5. The molecule has 5 atom stereocenters. The number of ether oxygens (including phenoxy) is 1. The van der Waals surface area contributed by atoms with Crippen molar-refractivity contribution in [1.82, 2.24) is 15.5 Å². The lowest BCUT2D eigenvalue weighted by atomic mass is 9.93. The second-order valence-electron chi connectivity index (χ2n) is 10.8. The topological polar surface area (TPSA) is 108 Å². The molecule has 0 aliphatic heterocycles. The third-order valence-electron chi connectivity index (χ3n) is 6.30. The van der Waals surface area contributed by atoms with Gasteiger partial charge in [0.15, 0.2) is 0 Å². The van der Waals surface area contributed by atoms with Crippen LogP contribution in [0.4, 0.5) is 4.79 Å². The van der Waals surface area contributed by atoms with Crippen LogP contribution in [-0.2, 0) is 14.3 Å². The number of aryl methyl sites for hydroxylation is 2. The number of hydrogen-bond acceptors (Lipinski definition) is 5. The highest BCUT2D eigenvalue weighted by atomic mass is 16.6. The van der Waals surface area contributed by atoms with Crippen LogP contribution in [0.25, 0.3) is 0 Å². The van der Waals surface area contributed by atoms with Crippen molar-refractivity contribution in [1.29, 1.82) is 0 Å². The van der Waals surface area contributed by atoms with Gasteiger partial charge >= 0.3 is 6.09 Å². The highest BCUT2D eigenvalue weighted by molar-refractivity contribution is 5.93. The molecule has 196 valence electrons. The molecule has 3 amide bonds. The van der Waals surface area contributed by atoms with E-state index in [-0.39, 0.29) is 23.9 Å². The predicted molar refractivity (Wildman–Crippen MR) is 136 cm³/mol. The van der Waals surface area contributed by atoms with Crippen molar-refractivity contribution in [2.45, 2.75) is 104 Å². The molecule has 0 bridgehead atoms. The highest BCUT2D eigenvalue weighted by Crippen LogP contribution is 2.42. The number of carbonyl (C=O) groups excluding carboxylic acids is 3. The van der Waals surface area contributed by atoms with Crippen LogP contribution in [0, 0.1) is 19.8 Å². The van der Waals surface area contributed by atoms with Crippen LogP contribution in [0.1, 0.15) is 83.5 Å². The van der Waals surface area contributed by atoms with Crippen LogP contribution in [0.3, 0.4) is 0 Å². The minimum Gasteiger partial charge on any atom is -0.444 e. The van der Waals surface area contributed by atoms with Crippen molar-refractivity contribution in [3.05, 3.63) is 34.9 Å². The van der Waals surface area contributed by atoms with Crippen molar-refractivity contribution >= 4 is 17.9 Å². The van der Waals surface area contributed by atoms with E-state index in [9.17, 15) is 19.5 Å². The third-order valence-corrected chi connectivity index (χ3v) is 6.30. The Morgan fingerprint density at radius 3 is 2.20 bits per heavy atom. The van der Waals surface area contributed by atoms with Gasteiger partial charge in [0, 0.05) is 12.1 Å². The summed E-state index contributed by atoms with van der Waals surface area (Å²) in [5.41, 5.74) is 1.82. The van der Waals surface area contributed by atoms with E-state index in [0.29, 0.717) is 0 Å². The molecule has 1 aromatic rings. The standard InChI is InChI=1S/C27H43N3O5/c1-9-11-19(5)28-24(32)23(22-16(2)12-10-13-17(22)3)30(21-14-18(21)4)25(33)20(15-31)29-26(34)35-27(6,7)8/h10,12-13,18-21,23,31H,9,11,14-15H2,1-8H3,(H,28,32)(H,29,34). The molecule has 0 heterocycles. The molecule has 1 fully saturated rings. The van der Waals surface area contributed by atoms with Crippen LogP contribution in [-0.4, -0.2) is 58.2 Å². The fraction of sp³-hybridized carbons (Fsp3) is 0.667. The largest absolute Gasteiger partial charge is 0.444 e. The Morgan fingerprint density at radius 1 is 1.17 bits per heavy atom. The maximum Gasteiger partial charge on any atom is 0.408 e. The van der Waals surface area contributed by atoms with Gasteiger partial charge in [0.1, 0.15) is 17.7 Å². The molecular weight excluding hydrogens is 446 g/mol. The monoisotopic (exact) mass is 489 g/mol. The predicted octanol–water partition coefficient (Wildman–Crippen LogP) is 3.77. The molecule has 2 rings (SSSR count). The molecule has 8 heteroatoms. The van der Waals surface area contributed by atoms with Gasteiger partial charge in [-0.3, -0.25) is 9.59 Å². The summed E-state index contributed by atoms with van der Waals surface area (Å²) in [5, 5.41) is 15.6. The SMILES string of the molecule is CCCC(C)NC(=O)C(c1c(C)cccc1C)N(C(=O)C(CO)NC(=O)OC(C)(C)C)C1CC1C. The van der Waals surface area contributed by atoms with E-state index in [1.165, 1.54) is 0 Å². The molecule has 1 saturated carbocycles. The van der Waals surface area contributed by atoms with Crippen LogP contribution in [0.15, 0.2) is 18.2 Å². The average molecular weight is 490 g/mol. The third kappa shape index (κ3) is 7.69. The molecular formula is C27H43N3O5. The number of amides is 3. The number of nitrogens with one attached hydrogen (secondary N) is 2. The molecule has 1 aliphatic rings. The van der Waals surface area contributed by atoms with Gasteiger partial charge in [0.2, 0.25) is 11.8 Å². The van der Waals surface area contributed by atoms with Crippen LogP contribution >= 0.6 is 0 Å². The maximum absolute atomic E-state index is 13.9. The van der Waals surface area contributed by atoms with Crippen molar-refractivity contribution in [2.75, 3.05) is 6.61 Å². The van der Waals surface area contributed by atoms with Gasteiger partial charge in [-0.1, -0.05) is 38.5 Å². The fourth-order valence-corrected chi connectivity index (χ4v) is 4.47. The molecule has 0 saturated heterocycles. The van der Waals surface area contributed by atoms with E-state index in [2.05, 4.69) is 17.6 Å². The summed E-state index contributed by atoms with van der Waals surface area (Å²) in [7, 11) is 0. The molecule has 1 aromatic carbocycles. The summed E-state index contributed by atoms with van der Waals surface area (Å²) in [6.07, 6.45) is 1.69. The summed E-state index contributed by atoms with van der Waals surface area (Å²) in [5.74, 6) is -0.559. The van der Waals surface area contributed by atoms with Gasteiger partial charge in [-0.15, -0.1) is 0 Å². The fourth-order valence-electron chi connectivity index (χ4n) is 4.47. The molecule has 0 aromatic heterocycles. The first-order valence-corrected chi connectivity index (χ1v) is 12.6. The maximum atomic E-state index is 13.9. The molecule has 1 aliphatic carbocycles. The number of benzene rings is 1. The van der Waals surface area contributed by atoms with E-state index in [1.54, 1.807) is 25.7 Å². The van der Waals surface area contributed by atoms with E-state index < -0.39 is 36.3 Å². The highest BCUT2D eigenvalue weighted by Gasteiger charge is 2.48. The Hall–Kier alpha value is -2.61. The minimum absolute atomic E-state index is 0.0542. The molecule has 3 N–H and O–H groups in total. The van der Waals surface area contributed by atoms with Gasteiger partial charge in [0.05, 0.1) is 6.61 Å². The van der Waals surface area contributed by atoms with Crippen molar-refractivity contribution in [3.8, 4) is 0 Å². The summed E-state index contributed by atoms with van der Waals surface area (Å²) in [4.78, 5) is 41.6. The Balaban J connectivity index is 2.50. The van der Waals surface area contributed by atoms with Crippen molar-refractivity contribution in [3.63, 3.8) is 0 Å². The average Bonchev–Trinajstić information content (AvgIpc) is 3.45. The lowest BCUT2D eigenvalue weighted by Gasteiger charge is -2.36. The molecule has 35 heavy (non-hydrogen) atoms. The molecule has 0 radical (unpaired) electrons. The minimum atomic E-state index is -1.23. The van der Waals surface area contributed by atoms with Crippen molar-refractivity contribution in [2.24, 2.45) is 5.92 Å². The van der Waals surface area contributed by atoms with Crippen LogP contribution in [0.5, 0.6) is 0 Å². The lowest BCUT2D eigenvalue weighted by molar-refractivity contribution is -0.144. The number of aliphatic hydroxyl groups is 1. The second-order valence-corrected chi connectivity index (χ2v) is 10.8. The Morgan fingerprint density at radius 2 is 1.74 bits per heavy atom. The van der Waals surface area contributed by atoms with E-state index in [4.69, 9.17) is 4.74 Å². The summed E-state index contributed by atoms with van der Waals surface area (Å²) < 4.78 is 5.30. The number of aliphatic hydroxyl groups excluding tert-OH is 1. The zero-order valence-corrected chi connectivity index (χ0v) is 22.5. The van der Waals surface area contributed by atoms with Gasteiger partial charge in [-0.25, -0.2) is 4.79 Å². The van der Waals surface area contributed by atoms with E-state index >= 15 is 0 Å². The first-order chi connectivity index (χ1) is 16.3. The van der Waals surface area contributed by atoms with Gasteiger partial charge < -0.3 is 25.4 Å². The number of rotatable bonds is 10. The lowest BCUT2D eigenvalue weighted by Crippen LogP contribution is -2.56. The number of alkyl carbamates (subject to hydrolysis) is 1. The van der Waals surface area contributed by atoms with Crippen LogP contribution in [0.2, 0.25) is 0 Å². The van der Waals surface area contributed by atoms with E-state index in [0.717, 1.165) is 36.0 Å². The summed E-state index contributed by atoms with van der Waals surface area (Å²) in [6.45, 7) is 14.5. The summed E-state index contributed by atoms with van der Waals surface area (Å²) in [6, 6.07) is 3.45. The smallest absolute Gasteiger partial charge is 0.408 e. The first-order valence-electron chi connectivity index (χ1n) is 12.6. The first kappa shape index (κ1) is 28.6.